The molecule has 1 aromatic rings. The Labute approximate surface area is 123 Å². The molecule has 21 heavy (non-hydrogen) atoms. The van der Waals surface area contributed by atoms with E-state index in [4.69, 9.17) is 0 Å². The lowest BCUT2D eigenvalue weighted by atomic mass is 9.88. The highest BCUT2D eigenvalue weighted by molar-refractivity contribution is 5.82. The van der Waals surface area contributed by atoms with Crippen molar-refractivity contribution < 1.29 is 14.7 Å². The summed E-state index contributed by atoms with van der Waals surface area (Å²) in [6.07, 6.45) is 3.95. The molecule has 7 nitrogen and oxygen atoms in total. The molecule has 0 spiro atoms. The highest BCUT2D eigenvalue weighted by Crippen LogP contribution is 2.27. The molecule has 1 aromatic heterocycles. The number of aliphatic carboxylic acids is 1. The lowest BCUT2D eigenvalue weighted by Gasteiger charge is -2.41. The number of carbonyl (C=O) groups is 2. The summed E-state index contributed by atoms with van der Waals surface area (Å²) in [6.45, 7) is 2.33. The van der Waals surface area contributed by atoms with Crippen LogP contribution >= 0.6 is 0 Å². The number of carboxylic acid groups (broad SMARTS) is 1. The molecule has 0 radical (unpaired) electrons. The van der Waals surface area contributed by atoms with Crippen LogP contribution in [0.5, 0.6) is 0 Å². The summed E-state index contributed by atoms with van der Waals surface area (Å²) in [5.41, 5.74) is 4.27. The molecule has 1 fully saturated rings. The first-order chi connectivity index (χ1) is 10.0. The Balaban J connectivity index is 1.90. The van der Waals surface area contributed by atoms with E-state index >= 15 is 0 Å². The summed E-state index contributed by atoms with van der Waals surface area (Å²) >= 11 is 0. The molecule has 1 saturated heterocycles. The number of rotatable bonds is 5. The summed E-state index contributed by atoms with van der Waals surface area (Å²) in [7, 11) is 0. The molecule has 1 aliphatic heterocycles. The number of amides is 1. The number of aromatic nitrogens is 1. The Morgan fingerprint density at radius 1 is 1.43 bits per heavy atom. The van der Waals surface area contributed by atoms with Crippen molar-refractivity contribution in [2.75, 3.05) is 18.5 Å². The second kappa shape index (κ2) is 6.53. The van der Waals surface area contributed by atoms with Gasteiger partial charge >= 0.3 is 5.97 Å². The molecule has 0 aromatic carbocycles. The Bertz CT molecular complexity index is 508. The van der Waals surface area contributed by atoms with Crippen molar-refractivity contribution in [2.45, 2.75) is 31.7 Å². The van der Waals surface area contributed by atoms with Crippen LogP contribution in [0.25, 0.3) is 0 Å². The van der Waals surface area contributed by atoms with E-state index in [-0.39, 0.29) is 12.5 Å². The molecule has 1 unspecified atom stereocenters. The average molecular weight is 292 g/mol. The summed E-state index contributed by atoms with van der Waals surface area (Å²) in [5.74, 6) is -0.631. The third-order valence-corrected chi connectivity index (χ3v) is 3.83. The number of piperidine rings is 1. The molecule has 1 aliphatic rings. The maximum absolute atomic E-state index is 12.0. The van der Waals surface area contributed by atoms with Crippen molar-refractivity contribution in [3.05, 3.63) is 24.4 Å². The van der Waals surface area contributed by atoms with E-state index in [1.165, 1.54) is 0 Å². The maximum atomic E-state index is 12.0. The number of pyridine rings is 1. The Morgan fingerprint density at radius 3 is 2.90 bits per heavy atom. The van der Waals surface area contributed by atoms with Crippen molar-refractivity contribution in [1.29, 1.82) is 0 Å². The molecule has 1 amide bonds. The van der Waals surface area contributed by atoms with Gasteiger partial charge in [0.1, 0.15) is 11.4 Å². The van der Waals surface area contributed by atoms with Gasteiger partial charge < -0.3 is 5.11 Å². The fourth-order valence-electron chi connectivity index (χ4n) is 2.46. The Kier molecular flexibility index (Phi) is 4.74. The highest BCUT2D eigenvalue weighted by Gasteiger charge is 2.41. The van der Waals surface area contributed by atoms with E-state index in [2.05, 4.69) is 15.8 Å². The van der Waals surface area contributed by atoms with Gasteiger partial charge in [0.25, 0.3) is 5.91 Å². The fourth-order valence-corrected chi connectivity index (χ4v) is 2.46. The number of hydrogen-bond donors (Lipinski definition) is 3. The first kappa shape index (κ1) is 15.2. The van der Waals surface area contributed by atoms with Gasteiger partial charge in [0, 0.05) is 6.20 Å². The number of carbonyl (C=O) groups excluding carboxylic acids is 1. The second-order valence-electron chi connectivity index (χ2n) is 5.35. The standard InChI is InChI=1S/C14H20N4O3/c1-14(13(20)21)7-3-5-9-18(14)10-12(19)17-16-11-6-2-4-8-15-11/h2,4,6,8H,3,5,7,9-10H2,1H3,(H,15,16)(H,17,19)(H,20,21). The molecular weight excluding hydrogens is 272 g/mol. The van der Waals surface area contributed by atoms with Gasteiger partial charge in [-0.1, -0.05) is 6.07 Å². The van der Waals surface area contributed by atoms with Crippen LogP contribution in [0.1, 0.15) is 26.2 Å². The van der Waals surface area contributed by atoms with Crippen LogP contribution in [0.15, 0.2) is 24.4 Å². The van der Waals surface area contributed by atoms with Crippen LogP contribution in [0.2, 0.25) is 0 Å². The number of nitrogens with one attached hydrogen (secondary N) is 2. The van der Waals surface area contributed by atoms with Gasteiger partial charge in [-0.25, -0.2) is 4.98 Å². The van der Waals surface area contributed by atoms with Crippen molar-refractivity contribution in [3.8, 4) is 0 Å². The minimum Gasteiger partial charge on any atom is -0.480 e. The Morgan fingerprint density at radius 2 is 2.24 bits per heavy atom. The van der Waals surface area contributed by atoms with Crippen LogP contribution in [0.3, 0.4) is 0 Å². The van der Waals surface area contributed by atoms with Crippen LogP contribution in [0, 0.1) is 0 Å². The van der Waals surface area contributed by atoms with Gasteiger partial charge in [-0.2, -0.15) is 0 Å². The molecule has 1 atom stereocenters. The number of anilines is 1. The monoisotopic (exact) mass is 292 g/mol. The fraction of sp³-hybridized carbons (Fsp3) is 0.500. The number of nitrogens with zero attached hydrogens (tertiary/aromatic N) is 2. The van der Waals surface area contributed by atoms with Crippen LogP contribution in [-0.4, -0.2) is 45.5 Å². The zero-order valence-electron chi connectivity index (χ0n) is 12.0. The first-order valence-corrected chi connectivity index (χ1v) is 6.97. The molecule has 0 aliphatic carbocycles. The van der Waals surface area contributed by atoms with Crippen LogP contribution in [-0.2, 0) is 9.59 Å². The molecule has 2 rings (SSSR count). The lowest BCUT2D eigenvalue weighted by molar-refractivity contribution is -0.153. The van der Waals surface area contributed by atoms with Gasteiger partial charge in [0.15, 0.2) is 0 Å². The second-order valence-corrected chi connectivity index (χ2v) is 5.35. The smallest absolute Gasteiger partial charge is 0.323 e. The van der Waals surface area contributed by atoms with Crippen molar-refractivity contribution >= 4 is 17.7 Å². The molecule has 7 heteroatoms. The van der Waals surface area contributed by atoms with E-state index in [0.29, 0.717) is 18.8 Å². The number of carboxylic acids is 1. The average Bonchev–Trinajstić information content (AvgIpc) is 2.48. The van der Waals surface area contributed by atoms with Crippen molar-refractivity contribution in [3.63, 3.8) is 0 Å². The molecule has 114 valence electrons. The minimum absolute atomic E-state index is 0.0443. The summed E-state index contributed by atoms with van der Waals surface area (Å²) < 4.78 is 0. The van der Waals surface area contributed by atoms with Crippen molar-refractivity contribution in [2.24, 2.45) is 0 Å². The van der Waals surface area contributed by atoms with E-state index in [1.807, 2.05) is 0 Å². The van der Waals surface area contributed by atoms with Gasteiger partial charge in [-0.3, -0.25) is 25.3 Å². The van der Waals surface area contributed by atoms with E-state index in [9.17, 15) is 14.7 Å². The topological polar surface area (TPSA) is 94.6 Å². The molecule has 2 heterocycles. The summed E-state index contributed by atoms with van der Waals surface area (Å²) in [6, 6.07) is 5.30. The van der Waals surface area contributed by atoms with Gasteiger partial charge in [0.2, 0.25) is 0 Å². The zero-order chi connectivity index (χ0) is 15.3. The maximum Gasteiger partial charge on any atom is 0.323 e. The minimum atomic E-state index is -0.972. The summed E-state index contributed by atoms with van der Waals surface area (Å²) in [5, 5.41) is 9.39. The van der Waals surface area contributed by atoms with Gasteiger partial charge in [0.05, 0.1) is 6.54 Å². The number of likely N-dealkylation sites (tertiary alicyclic amines) is 1. The van der Waals surface area contributed by atoms with E-state index in [1.54, 1.807) is 36.2 Å². The van der Waals surface area contributed by atoms with Crippen LogP contribution in [0.4, 0.5) is 5.82 Å². The van der Waals surface area contributed by atoms with Gasteiger partial charge in [-0.15, -0.1) is 0 Å². The van der Waals surface area contributed by atoms with E-state index in [0.717, 1.165) is 12.8 Å². The zero-order valence-corrected chi connectivity index (χ0v) is 12.0. The molecule has 3 N–H and O–H groups in total. The van der Waals surface area contributed by atoms with E-state index < -0.39 is 11.5 Å². The van der Waals surface area contributed by atoms with Crippen molar-refractivity contribution in [1.82, 2.24) is 15.3 Å². The number of hydrogen-bond acceptors (Lipinski definition) is 5. The third-order valence-electron chi connectivity index (χ3n) is 3.83. The number of hydrazine groups is 1. The quantitative estimate of drug-likeness (QED) is 0.697. The summed E-state index contributed by atoms with van der Waals surface area (Å²) in [4.78, 5) is 29.1. The SMILES string of the molecule is CC1(C(=O)O)CCCCN1CC(=O)NNc1ccccn1. The predicted octanol–water partition coefficient (Wildman–Crippen LogP) is 0.854. The molecule has 0 saturated carbocycles. The molecular formula is C14H20N4O3. The predicted molar refractivity (Wildman–Crippen MR) is 77.5 cm³/mol. The molecule has 0 bridgehead atoms. The van der Waals surface area contributed by atoms with Gasteiger partial charge in [-0.05, 0) is 44.9 Å². The first-order valence-electron chi connectivity index (χ1n) is 6.97. The normalized spacial score (nSPS) is 22.5. The lowest BCUT2D eigenvalue weighted by Crippen LogP contribution is -2.57. The highest BCUT2D eigenvalue weighted by atomic mass is 16.4. The largest absolute Gasteiger partial charge is 0.480 e. The Hall–Kier alpha value is -2.15. The third kappa shape index (κ3) is 3.69. The van der Waals surface area contributed by atoms with Crippen LogP contribution < -0.4 is 10.9 Å².